The van der Waals surface area contributed by atoms with Crippen molar-refractivity contribution in [3.63, 3.8) is 0 Å². The average molecular weight is 1290 g/mol. The summed E-state index contributed by atoms with van der Waals surface area (Å²) in [7, 11) is 1.40. The first kappa shape index (κ1) is 66.1. The molecule has 0 aromatic carbocycles. The molecular weight excluding hydrogens is 1220 g/mol. The summed E-state index contributed by atoms with van der Waals surface area (Å²) in [5.41, 5.74) is 0. The van der Waals surface area contributed by atoms with Gasteiger partial charge in [-0.1, -0.05) is 13.3 Å². The molecule has 26 atom stereocenters. The number of fused-ring (bicyclic) bond motifs is 1. The van der Waals surface area contributed by atoms with Gasteiger partial charge in [0.2, 0.25) is 0 Å². The first-order chi connectivity index (χ1) is 34.8. The Labute approximate surface area is 463 Å². The number of carboxylic acid groups (broad SMARTS) is 1. The summed E-state index contributed by atoms with van der Waals surface area (Å²) in [6, 6.07) is 0. The van der Waals surface area contributed by atoms with Crippen LogP contribution in [0.5, 0.6) is 0 Å². The Bertz CT molecular complexity index is 1620. The average Bonchev–Trinajstić information content (AvgIpc) is 3.37. The van der Waals surface area contributed by atoms with Crippen molar-refractivity contribution in [2.24, 2.45) is 29.6 Å². The second-order valence-corrected chi connectivity index (χ2v) is 19.3. The third-order valence-corrected chi connectivity index (χ3v) is 14.7. The minimum absolute atomic E-state index is 0. The van der Waals surface area contributed by atoms with Gasteiger partial charge < -0.3 is 138 Å². The molecule has 6 rings (SSSR count). The fourth-order valence-electron chi connectivity index (χ4n) is 10.5. The van der Waals surface area contributed by atoms with Crippen LogP contribution >= 0.6 is 0 Å². The summed E-state index contributed by atoms with van der Waals surface area (Å²) >= 11 is 0. The third-order valence-electron chi connectivity index (χ3n) is 14.7. The van der Waals surface area contributed by atoms with E-state index >= 15 is 0 Å². The Morgan fingerprint density at radius 1 is 0.527 bits per heavy atom. The minimum atomic E-state index is -2.27. The fourth-order valence-corrected chi connectivity index (χ4v) is 10.5. The van der Waals surface area contributed by atoms with Crippen LogP contribution in [-0.4, -0.2) is 295 Å². The molecule has 0 saturated carbocycles. The molecular formula is C45H76AcO28-2. The zero-order valence-corrected chi connectivity index (χ0v) is 46.3. The smallest absolute Gasteiger partial charge is 0.116 e. The maximum absolute atomic E-state index is 12.3. The first-order valence-electron chi connectivity index (χ1n) is 24.3. The fraction of sp³-hybridized carbons (Fsp3) is 0.956. The van der Waals surface area contributed by atoms with Crippen LogP contribution in [0.3, 0.4) is 0 Å². The van der Waals surface area contributed by atoms with Crippen molar-refractivity contribution < 1.29 is 182 Å². The largest absolute Gasteiger partial charge is 0.807 e. The Balaban J connectivity index is 0.00000390. The van der Waals surface area contributed by atoms with Crippen LogP contribution in [0.15, 0.2) is 0 Å². The normalized spacial score (nSPS) is 45.6. The van der Waals surface area contributed by atoms with E-state index in [0.717, 1.165) is 6.92 Å². The summed E-state index contributed by atoms with van der Waals surface area (Å²) in [5.74, 6) is -8.47. The molecule has 6 aliphatic heterocycles. The van der Waals surface area contributed by atoms with E-state index < -0.39 is 210 Å². The van der Waals surface area contributed by atoms with Crippen molar-refractivity contribution in [3.8, 4) is 0 Å². The quantitative estimate of drug-likeness (QED) is 0.0452. The van der Waals surface area contributed by atoms with Gasteiger partial charge in [0, 0.05) is 74.8 Å². The van der Waals surface area contributed by atoms with E-state index in [2.05, 4.69) is 0 Å². The number of methoxy groups -OCH3 is 1. The molecule has 28 nitrogen and oxygen atoms in total. The summed E-state index contributed by atoms with van der Waals surface area (Å²) in [6.07, 6.45) is -25.8. The van der Waals surface area contributed by atoms with Crippen molar-refractivity contribution in [2.45, 2.75) is 148 Å². The molecule has 0 bridgehead atoms. The Morgan fingerprint density at radius 2 is 0.932 bits per heavy atom. The monoisotopic (exact) mass is 1290 g/mol. The van der Waals surface area contributed by atoms with Crippen molar-refractivity contribution in [1.29, 1.82) is 0 Å². The second kappa shape index (κ2) is 31.0. The summed E-state index contributed by atoms with van der Waals surface area (Å²) < 4.78 is 67.6. The number of aliphatic hydroxyl groups is 12. The van der Waals surface area contributed by atoms with Crippen molar-refractivity contribution in [2.75, 3.05) is 93.0 Å². The van der Waals surface area contributed by atoms with E-state index in [1.165, 1.54) is 7.11 Å². The summed E-state index contributed by atoms with van der Waals surface area (Å²) in [6.45, 7) is 0.260. The predicted molar refractivity (Wildman–Crippen MR) is 233 cm³/mol. The number of hydrogen-bond donors (Lipinski definition) is 12. The molecule has 1 radical (unpaired) electrons. The van der Waals surface area contributed by atoms with Crippen LogP contribution in [0, 0.1) is 73.7 Å². The van der Waals surface area contributed by atoms with Crippen LogP contribution in [0.1, 0.15) is 20.3 Å². The maximum atomic E-state index is 12.3. The number of ether oxygens (including phenoxy) is 12. The second-order valence-electron chi connectivity index (χ2n) is 19.3. The van der Waals surface area contributed by atoms with E-state index in [0.29, 0.717) is 6.42 Å². The third kappa shape index (κ3) is 15.9. The molecule has 6 aliphatic rings. The minimum Gasteiger partial charge on any atom is -0.807 e. The van der Waals surface area contributed by atoms with Crippen molar-refractivity contribution >= 4 is 12.8 Å². The first-order valence-corrected chi connectivity index (χ1v) is 24.3. The van der Waals surface area contributed by atoms with Crippen LogP contribution < -0.4 is 10.2 Å². The molecule has 0 amide bonds. The molecule has 0 aliphatic carbocycles. The van der Waals surface area contributed by atoms with Gasteiger partial charge in [-0.3, -0.25) is 0 Å². The number of aliphatic carboxylic acids is 1. The van der Waals surface area contributed by atoms with E-state index in [1.807, 2.05) is 13.7 Å². The van der Waals surface area contributed by atoms with E-state index in [1.54, 1.807) is 0 Å². The maximum Gasteiger partial charge on any atom is 0.116 e. The number of carbonyl (C=O) groups is 2. The molecule has 6 saturated heterocycles. The van der Waals surface area contributed by atoms with Gasteiger partial charge in [0.15, 0.2) is 0 Å². The van der Waals surface area contributed by atoms with E-state index in [4.69, 9.17) is 61.6 Å². The van der Waals surface area contributed by atoms with Gasteiger partial charge in [0.1, 0.15) is 86.1 Å². The van der Waals surface area contributed by atoms with Gasteiger partial charge >= 0.3 is 0 Å². The molecule has 0 spiro atoms. The van der Waals surface area contributed by atoms with Crippen molar-refractivity contribution in [3.05, 3.63) is 0 Å². The molecule has 6 fully saturated rings. The topological polar surface area (TPSA) is 434 Å². The molecule has 0 aromatic heterocycles. The zero-order valence-electron chi connectivity index (χ0n) is 41.5. The zero-order chi connectivity index (χ0) is 53.9. The molecule has 12 N–H and O–H groups in total. The van der Waals surface area contributed by atoms with Gasteiger partial charge in [-0.05, 0) is 12.8 Å². The Hall–Kier alpha value is -0.418. The van der Waals surface area contributed by atoms with Gasteiger partial charge in [-0.2, -0.15) is 0 Å². The number of aliphatic hydroxyl groups excluding tert-OH is 12. The number of rotatable bonds is 23. The van der Waals surface area contributed by atoms with Crippen LogP contribution in [0.4, 0.5) is 0 Å². The van der Waals surface area contributed by atoms with Crippen LogP contribution in [-0.2, 0) is 66.4 Å². The number of hydrogen-bond acceptors (Lipinski definition) is 28. The molecule has 74 heavy (non-hydrogen) atoms. The van der Waals surface area contributed by atoms with Crippen molar-refractivity contribution in [1.82, 2.24) is 0 Å². The molecule has 0 aromatic rings. The molecule has 6 heterocycles. The number of carboxylic acids is 1. The van der Waals surface area contributed by atoms with Gasteiger partial charge in [-0.25, -0.2) is 0 Å². The van der Waals surface area contributed by atoms with Gasteiger partial charge in [0.05, 0.1) is 141 Å². The SMILES string of the molecule is C=O.CCC1C(CO)OC(COCC2C(CO)OC(COC)C(O)C2O)C(O)C1COCC1OC(CO)C(O)C(O)C1COCC1OC(C(=O)[O-])C(COCC2OC3COC(C)([O-])OC3C(O)C2O)C(O)C1O.[Ac]. The van der Waals surface area contributed by atoms with E-state index in [-0.39, 0.29) is 83.7 Å². The predicted octanol–water partition coefficient (Wildman–Crippen LogP) is -9.73. The number of carbonyl (C=O) groups excluding carboxylic acids is 2. The van der Waals surface area contributed by atoms with E-state index in [9.17, 15) is 76.3 Å². The molecule has 429 valence electrons. The van der Waals surface area contributed by atoms with Crippen LogP contribution in [0.25, 0.3) is 0 Å². The van der Waals surface area contributed by atoms with Gasteiger partial charge in [0.25, 0.3) is 0 Å². The van der Waals surface area contributed by atoms with Crippen LogP contribution in [0.2, 0.25) is 0 Å². The Morgan fingerprint density at radius 3 is 1.45 bits per heavy atom. The standard InChI is InChI=1S/C44H75O27.CH2O.Ac/c1-4-18-19(32(48)28(66-23(18)5-45)14-62-9-20-24(6-46)67-27(12-60-3)37(53)33(20)49)8-61-13-26-21(34(50)36(52)25(7-47)68-26)10-63-16-30-38(54)35(51)22(41(70-30)43(57)58)11-64-15-29-39(55)40(56)42-31(69-29)17-65-44(2,59)71-42;1-2;/h18-42,45-56H,4-17H2,1-3H3,(H,57,58);1H2;/q-1;;/p-1. The molecule has 29 heteroatoms. The van der Waals surface area contributed by atoms with Gasteiger partial charge in [-0.15, -0.1) is 0 Å². The summed E-state index contributed by atoms with van der Waals surface area (Å²) in [4.78, 5) is 20.3. The molecule has 26 unspecified atom stereocenters. The Kier molecular flexibility index (Phi) is 27.7. The summed E-state index contributed by atoms with van der Waals surface area (Å²) in [5, 5.41) is 153.